The fraction of sp³-hybridized carbons (Fsp3) is 0.188. The van der Waals surface area contributed by atoms with Gasteiger partial charge in [-0.05, 0) is 11.1 Å². The van der Waals surface area contributed by atoms with Crippen LogP contribution in [0.4, 0.5) is 0 Å². The zero-order valence-corrected chi connectivity index (χ0v) is 11.7. The highest BCUT2D eigenvalue weighted by atomic mass is 32.2. The standard InChI is InChI=1S/C16H15NO2S/c17-9-10-20-16(19)14-8-4-3-6-12(14)11-5-1-2-7-13(11)15(16)18/h1-8,19H,9-10,17H2/t16-/m0/s1. The van der Waals surface area contributed by atoms with Crippen LogP contribution in [0.25, 0.3) is 11.1 Å². The highest BCUT2D eigenvalue weighted by Gasteiger charge is 2.44. The first-order valence-electron chi connectivity index (χ1n) is 6.48. The Balaban J connectivity index is 2.23. The number of hydrogen-bond acceptors (Lipinski definition) is 4. The predicted molar refractivity (Wildman–Crippen MR) is 81.6 cm³/mol. The summed E-state index contributed by atoms with van der Waals surface area (Å²) in [6, 6.07) is 14.9. The molecule has 2 aromatic carbocycles. The van der Waals surface area contributed by atoms with Crippen LogP contribution in [0.1, 0.15) is 15.9 Å². The van der Waals surface area contributed by atoms with Crippen LogP contribution in [0, 0.1) is 0 Å². The molecule has 0 saturated heterocycles. The van der Waals surface area contributed by atoms with Crippen molar-refractivity contribution in [3.63, 3.8) is 0 Å². The summed E-state index contributed by atoms with van der Waals surface area (Å²) in [6.07, 6.45) is 0. The number of thioether (sulfide) groups is 1. The molecular weight excluding hydrogens is 270 g/mol. The van der Waals surface area contributed by atoms with E-state index in [2.05, 4.69) is 0 Å². The lowest BCUT2D eigenvalue weighted by atomic mass is 9.82. The van der Waals surface area contributed by atoms with Gasteiger partial charge in [0, 0.05) is 23.4 Å². The van der Waals surface area contributed by atoms with Gasteiger partial charge in [-0.25, -0.2) is 0 Å². The van der Waals surface area contributed by atoms with Crippen LogP contribution in [-0.2, 0) is 4.93 Å². The summed E-state index contributed by atoms with van der Waals surface area (Å²) in [5, 5.41) is 10.9. The summed E-state index contributed by atoms with van der Waals surface area (Å²) in [4.78, 5) is 11.2. The second-order valence-corrected chi connectivity index (χ2v) is 5.99. The van der Waals surface area contributed by atoms with Crippen LogP contribution in [0.5, 0.6) is 0 Å². The highest BCUT2D eigenvalue weighted by Crippen LogP contribution is 2.47. The molecular formula is C16H15NO2S. The lowest BCUT2D eigenvalue weighted by molar-refractivity contribution is 0.0655. The Morgan fingerprint density at radius 3 is 2.30 bits per heavy atom. The van der Waals surface area contributed by atoms with Crippen molar-refractivity contribution in [1.82, 2.24) is 0 Å². The van der Waals surface area contributed by atoms with Gasteiger partial charge >= 0.3 is 0 Å². The molecule has 2 aromatic rings. The van der Waals surface area contributed by atoms with Crippen molar-refractivity contribution >= 4 is 17.5 Å². The molecule has 3 rings (SSSR count). The summed E-state index contributed by atoms with van der Waals surface area (Å²) in [6.45, 7) is 0.421. The lowest BCUT2D eigenvalue weighted by Gasteiger charge is -2.33. The van der Waals surface area contributed by atoms with Gasteiger partial charge in [0.05, 0.1) is 0 Å². The number of aliphatic hydroxyl groups is 1. The largest absolute Gasteiger partial charge is 0.368 e. The third kappa shape index (κ3) is 1.88. The molecule has 0 fully saturated rings. The maximum absolute atomic E-state index is 12.7. The summed E-state index contributed by atoms with van der Waals surface area (Å²) in [7, 11) is 0. The number of rotatable bonds is 3. The topological polar surface area (TPSA) is 63.3 Å². The first-order chi connectivity index (χ1) is 9.68. The quantitative estimate of drug-likeness (QED) is 0.850. The van der Waals surface area contributed by atoms with Gasteiger partial charge in [0.25, 0.3) is 0 Å². The third-order valence-corrected chi connectivity index (χ3v) is 4.75. The molecule has 4 heteroatoms. The number of carbonyl (C=O) groups is 1. The fourth-order valence-corrected chi connectivity index (χ4v) is 3.57. The van der Waals surface area contributed by atoms with Gasteiger partial charge in [0.2, 0.25) is 10.7 Å². The molecule has 3 nitrogen and oxygen atoms in total. The molecule has 0 radical (unpaired) electrons. The Morgan fingerprint density at radius 2 is 1.60 bits per heavy atom. The summed E-state index contributed by atoms with van der Waals surface area (Å²) >= 11 is 1.20. The molecule has 1 aliphatic rings. The fourth-order valence-electron chi connectivity index (χ4n) is 2.58. The van der Waals surface area contributed by atoms with E-state index in [-0.39, 0.29) is 5.78 Å². The Hall–Kier alpha value is -1.62. The molecule has 0 saturated carbocycles. The van der Waals surface area contributed by atoms with Gasteiger partial charge in [-0.3, -0.25) is 4.79 Å². The van der Waals surface area contributed by atoms with Crippen LogP contribution in [0.2, 0.25) is 0 Å². The zero-order chi connectivity index (χ0) is 14.2. The minimum Gasteiger partial charge on any atom is -0.368 e. The predicted octanol–water partition coefficient (Wildman–Crippen LogP) is 2.39. The number of ketones is 1. The Morgan fingerprint density at radius 1 is 1.00 bits per heavy atom. The molecule has 1 aliphatic carbocycles. The van der Waals surface area contributed by atoms with Gasteiger partial charge in [-0.15, -0.1) is 11.8 Å². The monoisotopic (exact) mass is 285 g/mol. The Bertz CT molecular complexity index is 671. The first kappa shape index (κ1) is 13.4. The van der Waals surface area contributed by atoms with Crippen molar-refractivity contribution in [2.75, 3.05) is 12.3 Å². The molecule has 3 N–H and O–H groups in total. The van der Waals surface area contributed by atoms with Crippen molar-refractivity contribution in [3.8, 4) is 11.1 Å². The average Bonchev–Trinajstić information content (AvgIpc) is 2.51. The SMILES string of the molecule is NCCS[C@]1(O)C(=O)c2ccccc2-c2ccccc21. The Labute approximate surface area is 121 Å². The van der Waals surface area contributed by atoms with E-state index in [9.17, 15) is 9.90 Å². The van der Waals surface area contributed by atoms with Crippen molar-refractivity contribution in [2.24, 2.45) is 5.73 Å². The normalized spacial score (nSPS) is 20.4. The van der Waals surface area contributed by atoms with E-state index in [0.29, 0.717) is 23.4 Å². The maximum Gasteiger partial charge on any atom is 0.210 e. The molecule has 1 atom stereocenters. The Kier molecular flexibility index (Phi) is 3.38. The van der Waals surface area contributed by atoms with E-state index in [0.717, 1.165) is 11.1 Å². The average molecular weight is 285 g/mol. The maximum atomic E-state index is 12.7. The van der Waals surface area contributed by atoms with E-state index in [1.807, 2.05) is 42.5 Å². The van der Waals surface area contributed by atoms with E-state index >= 15 is 0 Å². The minimum absolute atomic E-state index is 0.259. The second kappa shape index (κ2) is 5.05. The van der Waals surface area contributed by atoms with Gasteiger partial charge in [0.1, 0.15) is 0 Å². The smallest absolute Gasteiger partial charge is 0.210 e. The highest BCUT2D eigenvalue weighted by molar-refractivity contribution is 8.00. The number of benzene rings is 2. The molecule has 0 bridgehead atoms. The van der Waals surface area contributed by atoms with Crippen molar-refractivity contribution < 1.29 is 9.90 Å². The summed E-state index contributed by atoms with van der Waals surface area (Å²) < 4.78 is 0. The number of Topliss-reactive ketones (excluding diaryl/α,β-unsaturated/α-hetero) is 1. The van der Waals surface area contributed by atoms with Crippen molar-refractivity contribution in [2.45, 2.75) is 4.93 Å². The third-order valence-electron chi connectivity index (χ3n) is 3.49. The van der Waals surface area contributed by atoms with E-state index in [4.69, 9.17) is 5.73 Å². The molecule has 0 aliphatic heterocycles. The molecule has 102 valence electrons. The molecule has 0 aromatic heterocycles. The van der Waals surface area contributed by atoms with Gasteiger partial charge in [-0.1, -0.05) is 48.5 Å². The summed E-state index contributed by atoms with van der Waals surface area (Å²) in [5.41, 5.74) is 8.54. The molecule has 0 amide bonds. The van der Waals surface area contributed by atoms with E-state index in [1.165, 1.54) is 11.8 Å². The number of fused-ring (bicyclic) bond motifs is 3. The van der Waals surface area contributed by atoms with Crippen molar-refractivity contribution in [1.29, 1.82) is 0 Å². The van der Waals surface area contributed by atoms with Gasteiger partial charge in [-0.2, -0.15) is 0 Å². The van der Waals surface area contributed by atoms with Crippen LogP contribution < -0.4 is 5.73 Å². The minimum atomic E-state index is -1.54. The van der Waals surface area contributed by atoms with Crippen LogP contribution in [0.15, 0.2) is 48.5 Å². The molecule has 0 unspecified atom stereocenters. The van der Waals surface area contributed by atoms with Crippen LogP contribution in [-0.4, -0.2) is 23.2 Å². The molecule has 0 spiro atoms. The van der Waals surface area contributed by atoms with Crippen molar-refractivity contribution in [3.05, 3.63) is 59.7 Å². The summed E-state index contributed by atoms with van der Waals surface area (Å²) in [5.74, 6) is 0.268. The van der Waals surface area contributed by atoms with Crippen LogP contribution >= 0.6 is 11.8 Å². The number of nitrogens with two attached hydrogens (primary N) is 1. The molecule has 0 heterocycles. The van der Waals surface area contributed by atoms with Gasteiger partial charge < -0.3 is 10.8 Å². The van der Waals surface area contributed by atoms with E-state index in [1.54, 1.807) is 6.07 Å². The first-order valence-corrected chi connectivity index (χ1v) is 7.47. The second-order valence-electron chi connectivity index (χ2n) is 4.70. The zero-order valence-electron chi connectivity index (χ0n) is 10.9. The van der Waals surface area contributed by atoms with Gasteiger partial charge in [0.15, 0.2) is 0 Å². The number of hydrogen-bond donors (Lipinski definition) is 2. The number of carbonyl (C=O) groups excluding carboxylic acids is 1. The lowest BCUT2D eigenvalue weighted by Crippen LogP contribution is -2.37. The molecule has 20 heavy (non-hydrogen) atoms. The van der Waals surface area contributed by atoms with Crippen LogP contribution in [0.3, 0.4) is 0 Å². The van der Waals surface area contributed by atoms with E-state index < -0.39 is 4.93 Å².